The zero-order valence-electron chi connectivity index (χ0n) is 14.0. The lowest BCUT2D eigenvalue weighted by Crippen LogP contribution is -2.01. The van der Waals surface area contributed by atoms with Gasteiger partial charge in [-0.1, -0.05) is 29.8 Å². The second-order valence-corrected chi connectivity index (χ2v) is 5.74. The first-order valence-electron chi connectivity index (χ1n) is 7.32. The van der Waals surface area contributed by atoms with Gasteiger partial charge in [0.25, 0.3) is 0 Å². The van der Waals surface area contributed by atoms with Crippen LogP contribution >= 0.6 is 11.6 Å². The maximum Gasteiger partial charge on any atom is 0.336 e. The van der Waals surface area contributed by atoms with Crippen molar-refractivity contribution in [1.82, 2.24) is 0 Å². The Kier molecular flexibility index (Phi) is 5.52. The Balaban J connectivity index is 2.60. The molecule has 0 aliphatic heterocycles. The van der Waals surface area contributed by atoms with E-state index in [2.05, 4.69) is 0 Å². The number of rotatable bonds is 5. The van der Waals surface area contributed by atoms with Gasteiger partial charge in [-0.15, -0.1) is 0 Å². The maximum atomic E-state index is 11.7. The van der Waals surface area contributed by atoms with Crippen molar-refractivity contribution >= 4 is 29.2 Å². The molecule has 5 heteroatoms. The number of aliphatic carboxylic acids is 1. The Morgan fingerprint density at radius 3 is 2.33 bits per heavy atom. The van der Waals surface area contributed by atoms with E-state index in [1.807, 2.05) is 26.0 Å². The van der Waals surface area contributed by atoms with Crippen LogP contribution in [0.15, 0.2) is 30.3 Å². The van der Waals surface area contributed by atoms with Gasteiger partial charge in [0.05, 0.1) is 24.8 Å². The summed E-state index contributed by atoms with van der Waals surface area (Å²) in [5.41, 5.74) is 3.46. The van der Waals surface area contributed by atoms with Crippen molar-refractivity contribution in [1.29, 1.82) is 0 Å². The van der Waals surface area contributed by atoms with Crippen molar-refractivity contribution in [2.24, 2.45) is 0 Å². The van der Waals surface area contributed by atoms with Gasteiger partial charge in [-0.05, 0) is 54.3 Å². The van der Waals surface area contributed by atoms with Crippen LogP contribution in [0.1, 0.15) is 22.3 Å². The van der Waals surface area contributed by atoms with Crippen molar-refractivity contribution in [2.45, 2.75) is 13.8 Å². The van der Waals surface area contributed by atoms with E-state index in [1.165, 1.54) is 20.3 Å². The minimum Gasteiger partial charge on any atom is -0.493 e. The number of carboxylic acids is 1. The van der Waals surface area contributed by atoms with Crippen molar-refractivity contribution in [3.8, 4) is 11.5 Å². The summed E-state index contributed by atoms with van der Waals surface area (Å²) >= 11 is 6.34. The Bertz CT molecular complexity index is 809. The molecule has 0 aliphatic carbocycles. The summed E-state index contributed by atoms with van der Waals surface area (Å²) in [6.45, 7) is 3.93. The number of carboxylic acid groups (broad SMARTS) is 1. The highest BCUT2D eigenvalue weighted by Gasteiger charge is 2.16. The summed E-state index contributed by atoms with van der Waals surface area (Å²) in [6.07, 6.45) is 1.54. The minimum absolute atomic E-state index is 0.159. The lowest BCUT2D eigenvalue weighted by molar-refractivity contribution is -0.130. The van der Waals surface area contributed by atoms with Gasteiger partial charge in [0.15, 0.2) is 11.5 Å². The smallest absolute Gasteiger partial charge is 0.336 e. The predicted octanol–water partition coefficient (Wildman–Crippen LogP) is 4.60. The predicted molar refractivity (Wildman–Crippen MR) is 96.0 cm³/mol. The fraction of sp³-hybridized carbons (Fsp3) is 0.211. The first kappa shape index (κ1) is 17.9. The Labute approximate surface area is 146 Å². The van der Waals surface area contributed by atoms with Crippen LogP contribution in [0.3, 0.4) is 0 Å². The van der Waals surface area contributed by atoms with E-state index in [0.717, 1.165) is 11.1 Å². The van der Waals surface area contributed by atoms with E-state index in [0.29, 0.717) is 27.6 Å². The highest BCUT2D eigenvalue weighted by atomic mass is 35.5. The standard InChI is InChI=1S/C19H19ClO4/c1-11-5-6-13(9-12(11)2)15(19(21)22)10-14-7-8-16(23-3)18(24-4)17(14)20/h5-10H,1-4H3,(H,21,22)/b15-10-. The van der Waals surface area contributed by atoms with E-state index in [1.54, 1.807) is 18.2 Å². The van der Waals surface area contributed by atoms with E-state index >= 15 is 0 Å². The van der Waals surface area contributed by atoms with E-state index in [4.69, 9.17) is 21.1 Å². The molecule has 0 bridgehead atoms. The van der Waals surface area contributed by atoms with Gasteiger partial charge < -0.3 is 14.6 Å². The lowest BCUT2D eigenvalue weighted by Gasteiger charge is -2.12. The number of benzene rings is 2. The second kappa shape index (κ2) is 7.41. The van der Waals surface area contributed by atoms with Gasteiger partial charge >= 0.3 is 5.97 Å². The molecule has 24 heavy (non-hydrogen) atoms. The first-order chi connectivity index (χ1) is 11.4. The molecule has 0 radical (unpaired) electrons. The third-order valence-electron chi connectivity index (χ3n) is 3.86. The van der Waals surface area contributed by atoms with Crippen LogP contribution in [0.4, 0.5) is 0 Å². The van der Waals surface area contributed by atoms with Crippen LogP contribution in [0.2, 0.25) is 5.02 Å². The minimum atomic E-state index is -1.02. The van der Waals surface area contributed by atoms with Crippen molar-refractivity contribution in [3.63, 3.8) is 0 Å². The Morgan fingerprint density at radius 1 is 1.08 bits per heavy atom. The van der Waals surface area contributed by atoms with E-state index < -0.39 is 5.97 Å². The van der Waals surface area contributed by atoms with Crippen LogP contribution < -0.4 is 9.47 Å². The summed E-state index contributed by atoms with van der Waals surface area (Å²) in [6, 6.07) is 8.93. The Hall–Kier alpha value is -2.46. The molecule has 126 valence electrons. The molecule has 0 amide bonds. The summed E-state index contributed by atoms with van der Waals surface area (Å²) in [7, 11) is 3.00. The topological polar surface area (TPSA) is 55.8 Å². The molecule has 4 nitrogen and oxygen atoms in total. The number of ether oxygens (including phenoxy) is 2. The zero-order chi connectivity index (χ0) is 17.9. The molecule has 2 aromatic rings. The quantitative estimate of drug-likeness (QED) is 0.635. The summed E-state index contributed by atoms with van der Waals surface area (Å²) in [5, 5.41) is 9.90. The molecular formula is C19H19ClO4. The van der Waals surface area contributed by atoms with E-state index in [-0.39, 0.29) is 5.57 Å². The molecule has 2 aromatic carbocycles. The third-order valence-corrected chi connectivity index (χ3v) is 4.25. The molecule has 2 rings (SSSR count). The lowest BCUT2D eigenvalue weighted by atomic mass is 9.98. The van der Waals surface area contributed by atoms with E-state index in [9.17, 15) is 9.90 Å². The molecule has 1 N–H and O–H groups in total. The SMILES string of the molecule is COc1ccc(/C=C(\C(=O)O)c2ccc(C)c(C)c2)c(Cl)c1OC. The van der Waals surface area contributed by atoms with Crippen LogP contribution in [-0.4, -0.2) is 25.3 Å². The average molecular weight is 347 g/mol. The number of aryl methyl sites for hydroxylation is 2. The molecule has 0 unspecified atom stereocenters. The van der Waals surface area contributed by atoms with Gasteiger partial charge in [-0.2, -0.15) is 0 Å². The van der Waals surface area contributed by atoms with Crippen molar-refractivity contribution in [3.05, 3.63) is 57.6 Å². The Morgan fingerprint density at radius 2 is 1.79 bits per heavy atom. The third kappa shape index (κ3) is 3.54. The monoisotopic (exact) mass is 346 g/mol. The van der Waals surface area contributed by atoms with Crippen LogP contribution in [0.25, 0.3) is 11.6 Å². The number of halogens is 1. The van der Waals surface area contributed by atoms with Gasteiger partial charge in [-0.3, -0.25) is 0 Å². The highest BCUT2D eigenvalue weighted by Crippen LogP contribution is 2.38. The molecule has 0 saturated carbocycles. The molecule has 0 saturated heterocycles. The average Bonchev–Trinajstić information content (AvgIpc) is 2.55. The molecule has 0 aromatic heterocycles. The number of carbonyl (C=O) groups is 1. The second-order valence-electron chi connectivity index (χ2n) is 5.37. The maximum absolute atomic E-state index is 11.7. The molecule has 0 atom stereocenters. The van der Waals surface area contributed by atoms with Crippen molar-refractivity contribution in [2.75, 3.05) is 14.2 Å². The van der Waals surface area contributed by atoms with Gasteiger partial charge in [-0.25, -0.2) is 4.79 Å². The van der Waals surface area contributed by atoms with Crippen molar-refractivity contribution < 1.29 is 19.4 Å². The fourth-order valence-electron chi connectivity index (χ4n) is 2.35. The molecule has 0 fully saturated rings. The summed E-state index contributed by atoms with van der Waals surface area (Å²) in [4.78, 5) is 11.7. The van der Waals surface area contributed by atoms with Gasteiger partial charge in [0, 0.05) is 0 Å². The molecular weight excluding hydrogens is 328 g/mol. The zero-order valence-corrected chi connectivity index (χ0v) is 14.8. The highest BCUT2D eigenvalue weighted by molar-refractivity contribution is 6.34. The van der Waals surface area contributed by atoms with Gasteiger partial charge in [0.1, 0.15) is 0 Å². The molecule has 0 heterocycles. The van der Waals surface area contributed by atoms with Crippen LogP contribution in [-0.2, 0) is 4.79 Å². The number of hydrogen-bond donors (Lipinski definition) is 1. The van der Waals surface area contributed by atoms with Gasteiger partial charge in [0.2, 0.25) is 0 Å². The summed E-state index contributed by atoms with van der Waals surface area (Å²) < 4.78 is 10.4. The summed E-state index contributed by atoms with van der Waals surface area (Å²) in [5.74, 6) is -0.162. The van der Waals surface area contributed by atoms with Crippen LogP contribution in [0.5, 0.6) is 11.5 Å². The largest absolute Gasteiger partial charge is 0.493 e. The normalized spacial score (nSPS) is 11.3. The van der Waals surface area contributed by atoms with Crippen LogP contribution in [0, 0.1) is 13.8 Å². The molecule has 0 spiro atoms. The number of hydrogen-bond acceptors (Lipinski definition) is 3. The molecule has 0 aliphatic rings. The number of methoxy groups -OCH3 is 2. The first-order valence-corrected chi connectivity index (χ1v) is 7.70. The fourth-order valence-corrected chi connectivity index (χ4v) is 2.64.